The van der Waals surface area contributed by atoms with Crippen molar-refractivity contribution >= 4 is 17.4 Å². The number of nitrogens with one attached hydrogen (secondary N) is 1. The molecule has 0 saturated heterocycles. The van der Waals surface area contributed by atoms with Gasteiger partial charge in [0.05, 0.1) is 10.7 Å². The molecule has 0 radical (unpaired) electrons. The second kappa shape index (κ2) is 7.28. The number of pyridine rings is 1. The summed E-state index contributed by atoms with van der Waals surface area (Å²) >= 11 is 6.30. The zero-order valence-electron chi connectivity index (χ0n) is 12.8. The molecule has 2 rings (SSSR count). The van der Waals surface area contributed by atoms with E-state index < -0.39 is 0 Å². The highest BCUT2D eigenvalue weighted by Crippen LogP contribution is 2.29. The van der Waals surface area contributed by atoms with Gasteiger partial charge in [0.2, 0.25) is 0 Å². The molecular weight excluding hydrogens is 270 g/mol. The fourth-order valence-electron chi connectivity index (χ4n) is 3.18. The highest BCUT2D eigenvalue weighted by Gasteiger charge is 2.25. The van der Waals surface area contributed by atoms with Crippen LogP contribution >= 0.6 is 11.6 Å². The Morgan fingerprint density at radius 2 is 2.10 bits per heavy atom. The van der Waals surface area contributed by atoms with Gasteiger partial charge < -0.3 is 5.32 Å². The number of hydrogen-bond acceptors (Lipinski definition) is 3. The smallest absolute Gasteiger partial charge is 0.126 e. The van der Waals surface area contributed by atoms with E-state index >= 15 is 0 Å². The fraction of sp³-hybridized carbons (Fsp3) is 0.688. The van der Waals surface area contributed by atoms with E-state index in [0.717, 1.165) is 35.5 Å². The number of hydrogen-bond donors (Lipinski definition) is 1. The monoisotopic (exact) mass is 295 g/mol. The summed E-state index contributed by atoms with van der Waals surface area (Å²) in [6.45, 7) is 6.15. The molecular formula is C16H26ClN3. The van der Waals surface area contributed by atoms with Crippen LogP contribution in [0.4, 0.5) is 5.82 Å². The molecule has 0 aliphatic heterocycles. The third-order valence-electron chi connectivity index (χ3n) is 4.31. The zero-order valence-corrected chi connectivity index (χ0v) is 13.6. The van der Waals surface area contributed by atoms with Crippen LogP contribution in [0.1, 0.15) is 45.2 Å². The van der Waals surface area contributed by atoms with Crippen molar-refractivity contribution < 1.29 is 0 Å². The van der Waals surface area contributed by atoms with Crippen LogP contribution in [-0.2, 0) is 6.54 Å². The largest absolute Gasteiger partial charge is 0.370 e. The minimum Gasteiger partial charge on any atom is -0.370 e. The van der Waals surface area contributed by atoms with Crippen molar-refractivity contribution in [1.82, 2.24) is 9.88 Å². The zero-order chi connectivity index (χ0) is 14.5. The van der Waals surface area contributed by atoms with Crippen LogP contribution in [0, 0.1) is 5.92 Å². The lowest BCUT2D eigenvalue weighted by Crippen LogP contribution is -2.38. The van der Waals surface area contributed by atoms with Gasteiger partial charge in [0.25, 0.3) is 0 Å². The van der Waals surface area contributed by atoms with E-state index in [4.69, 9.17) is 11.6 Å². The molecule has 1 saturated carbocycles. The topological polar surface area (TPSA) is 28.2 Å². The normalized spacial score (nSPS) is 23.1. The second-order valence-electron chi connectivity index (χ2n) is 5.90. The number of anilines is 1. The van der Waals surface area contributed by atoms with E-state index in [1.54, 1.807) is 0 Å². The molecule has 0 bridgehead atoms. The molecule has 1 aromatic rings. The van der Waals surface area contributed by atoms with E-state index in [0.29, 0.717) is 6.04 Å². The van der Waals surface area contributed by atoms with Crippen molar-refractivity contribution in [2.45, 2.75) is 52.1 Å². The van der Waals surface area contributed by atoms with E-state index in [2.05, 4.69) is 36.1 Å². The van der Waals surface area contributed by atoms with Crippen molar-refractivity contribution in [2.24, 2.45) is 5.92 Å². The highest BCUT2D eigenvalue weighted by molar-refractivity contribution is 6.31. The summed E-state index contributed by atoms with van der Waals surface area (Å²) in [5, 5.41) is 4.01. The Hall–Kier alpha value is -0.800. The Morgan fingerprint density at radius 3 is 2.80 bits per heavy atom. The van der Waals surface area contributed by atoms with Crippen LogP contribution in [0.3, 0.4) is 0 Å². The number of aromatic nitrogens is 1. The lowest BCUT2D eigenvalue weighted by molar-refractivity contribution is 0.132. The van der Waals surface area contributed by atoms with Crippen LogP contribution in [0.2, 0.25) is 5.02 Å². The van der Waals surface area contributed by atoms with E-state index in [1.165, 1.54) is 25.7 Å². The molecule has 1 aromatic heterocycles. The highest BCUT2D eigenvalue weighted by atomic mass is 35.5. The molecule has 2 atom stereocenters. The first-order valence-electron chi connectivity index (χ1n) is 7.71. The van der Waals surface area contributed by atoms with Crippen molar-refractivity contribution in [3.05, 3.63) is 22.8 Å². The molecule has 112 valence electrons. The lowest BCUT2D eigenvalue weighted by atomic mass is 9.85. The summed E-state index contributed by atoms with van der Waals surface area (Å²) in [6.07, 6.45) is 5.36. The molecule has 1 N–H and O–H groups in total. The van der Waals surface area contributed by atoms with Crippen LogP contribution in [0.5, 0.6) is 0 Å². The van der Waals surface area contributed by atoms with Crippen LogP contribution in [0.25, 0.3) is 0 Å². The van der Waals surface area contributed by atoms with E-state index in [9.17, 15) is 0 Å². The van der Waals surface area contributed by atoms with Crippen LogP contribution < -0.4 is 5.32 Å². The Morgan fingerprint density at radius 1 is 1.35 bits per heavy atom. The molecule has 1 heterocycles. The summed E-state index contributed by atoms with van der Waals surface area (Å²) in [5.74, 6) is 1.68. The van der Waals surface area contributed by atoms with E-state index in [-0.39, 0.29) is 0 Å². The molecule has 0 amide bonds. The Balaban J connectivity index is 2.06. The van der Waals surface area contributed by atoms with Gasteiger partial charge in [0.1, 0.15) is 5.82 Å². The Bertz CT molecular complexity index is 436. The van der Waals surface area contributed by atoms with Gasteiger partial charge in [0, 0.05) is 19.1 Å². The maximum atomic E-state index is 6.30. The summed E-state index contributed by atoms with van der Waals surface area (Å²) in [7, 11) is 2.20. The number of nitrogens with zero attached hydrogens (tertiary/aromatic N) is 2. The second-order valence-corrected chi connectivity index (χ2v) is 6.31. The predicted molar refractivity (Wildman–Crippen MR) is 86.3 cm³/mol. The van der Waals surface area contributed by atoms with Gasteiger partial charge in [-0.2, -0.15) is 0 Å². The first-order valence-corrected chi connectivity index (χ1v) is 8.09. The van der Waals surface area contributed by atoms with Crippen LogP contribution in [0.15, 0.2) is 12.1 Å². The number of halogens is 1. The first kappa shape index (κ1) is 15.6. The molecule has 0 aromatic carbocycles. The number of rotatable bonds is 5. The van der Waals surface area contributed by atoms with Crippen molar-refractivity contribution in [3.8, 4) is 0 Å². The summed E-state index contributed by atoms with van der Waals surface area (Å²) in [6, 6.07) is 4.54. The molecule has 0 spiro atoms. The van der Waals surface area contributed by atoms with Gasteiger partial charge in [-0.3, -0.25) is 4.90 Å². The molecule has 4 heteroatoms. The van der Waals surface area contributed by atoms with Gasteiger partial charge in [-0.1, -0.05) is 31.4 Å². The predicted octanol–water partition coefficient (Wildman–Crippen LogP) is 4.18. The molecule has 1 fully saturated rings. The van der Waals surface area contributed by atoms with Gasteiger partial charge in [-0.25, -0.2) is 4.98 Å². The molecule has 20 heavy (non-hydrogen) atoms. The minimum absolute atomic E-state index is 0.657. The molecule has 1 aliphatic rings. The summed E-state index contributed by atoms with van der Waals surface area (Å²) in [4.78, 5) is 7.06. The fourth-order valence-corrected chi connectivity index (χ4v) is 3.34. The molecule has 3 nitrogen and oxygen atoms in total. The third-order valence-corrected chi connectivity index (χ3v) is 4.65. The van der Waals surface area contributed by atoms with Gasteiger partial charge in [-0.05, 0) is 44.9 Å². The molecule has 2 unspecified atom stereocenters. The van der Waals surface area contributed by atoms with Gasteiger partial charge >= 0.3 is 0 Å². The Labute approximate surface area is 127 Å². The average molecular weight is 296 g/mol. The maximum Gasteiger partial charge on any atom is 0.126 e. The third kappa shape index (κ3) is 3.86. The quantitative estimate of drug-likeness (QED) is 0.883. The van der Waals surface area contributed by atoms with Crippen molar-refractivity contribution in [3.63, 3.8) is 0 Å². The SMILES string of the molecule is CCNc1ccc(Cl)c(CN(C)C2CCCCC2C)n1. The average Bonchev–Trinajstić information content (AvgIpc) is 2.43. The van der Waals surface area contributed by atoms with Crippen LogP contribution in [-0.4, -0.2) is 29.5 Å². The summed E-state index contributed by atoms with van der Waals surface area (Å²) < 4.78 is 0. The standard InChI is InChI=1S/C16H26ClN3/c1-4-18-16-10-9-13(17)14(19-16)11-20(3)15-8-6-5-7-12(15)2/h9-10,12,15H,4-8,11H2,1-3H3,(H,18,19). The van der Waals surface area contributed by atoms with Gasteiger partial charge in [0.15, 0.2) is 0 Å². The maximum absolute atomic E-state index is 6.30. The van der Waals surface area contributed by atoms with Crippen molar-refractivity contribution in [2.75, 3.05) is 18.9 Å². The first-order chi connectivity index (χ1) is 9.61. The molecule has 1 aliphatic carbocycles. The minimum atomic E-state index is 0.657. The summed E-state index contributed by atoms with van der Waals surface area (Å²) in [5.41, 5.74) is 0.977. The Kier molecular flexibility index (Phi) is 5.67. The van der Waals surface area contributed by atoms with Gasteiger partial charge in [-0.15, -0.1) is 0 Å². The van der Waals surface area contributed by atoms with Crippen molar-refractivity contribution in [1.29, 1.82) is 0 Å². The van der Waals surface area contributed by atoms with E-state index in [1.807, 2.05) is 12.1 Å². The lowest BCUT2D eigenvalue weighted by Gasteiger charge is -2.36.